The van der Waals surface area contributed by atoms with Gasteiger partial charge in [-0.05, 0) is 29.8 Å². The lowest BCUT2D eigenvalue weighted by Crippen LogP contribution is -1.90. The van der Waals surface area contributed by atoms with Crippen LogP contribution in [-0.4, -0.2) is 12.2 Å². The molecular formula is C15H12ClNO3. The van der Waals surface area contributed by atoms with E-state index in [4.69, 9.17) is 31.4 Å². The lowest BCUT2D eigenvalue weighted by molar-refractivity contribution is 0.282. The highest BCUT2D eigenvalue weighted by Crippen LogP contribution is 2.29. The first-order valence-corrected chi connectivity index (χ1v) is 6.20. The Kier molecular flexibility index (Phi) is 4.46. The van der Waals surface area contributed by atoms with Gasteiger partial charge < -0.3 is 14.6 Å². The maximum absolute atomic E-state index is 9.06. The van der Waals surface area contributed by atoms with Crippen LogP contribution < -0.4 is 9.47 Å². The molecule has 2 rings (SSSR count). The molecule has 0 amide bonds. The summed E-state index contributed by atoms with van der Waals surface area (Å²) >= 11 is 6.00. The Labute approximate surface area is 121 Å². The van der Waals surface area contributed by atoms with Gasteiger partial charge in [0.1, 0.15) is 17.2 Å². The van der Waals surface area contributed by atoms with E-state index in [1.165, 1.54) is 7.11 Å². The van der Waals surface area contributed by atoms with Crippen LogP contribution >= 0.6 is 11.6 Å². The second-order valence-corrected chi connectivity index (χ2v) is 4.43. The van der Waals surface area contributed by atoms with E-state index in [0.717, 1.165) is 0 Å². The normalized spacial score (nSPS) is 9.90. The van der Waals surface area contributed by atoms with Crippen LogP contribution in [0.25, 0.3) is 0 Å². The Balaban J connectivity index is 2.30. The van der Waals surface area contributed by atoms with Crippen LogP contribution in [-0.2, 0) is 6.61 Å². The number of rotatable bonds is 4. The van der Waals surface area contributed by atoms with Crippen molar-refractivity contribution in [3.8, 4) is 23.3 Å². The molecule has 0 aliphatic heterocycles. The molecular weight excluding hydrogens is 278 g/mol. The molecule has 1 N–H and O–H groups in total. The highest BCUT2D eigenvalue weighted by molar-refractivity contribution is 6.31. The molecule has 0 saturated carbocycles. The number of aliphatic hydroxyl groups is 1. The highest BCUT2D eigenvalue weighted by Gasteiger charge is 2.06. The summed E-state index contributed by atoms with van der Waals surface area (Å²) in [5.41, 5.74) is 1.07. The minimum Gasteiger partial charge on any atom is -0.497 e. The highest BCUT2D eigenvalue weighted by atomic mass is 35.5. The molecule has 0 aliphatic rings. The van der Waals surface area contributed by atoms with Crippen LogP contribution in [0, 0.1) is 11.3 Å². The molecule has 4 nitrogen and oxygen atoms in total. The number of halogens is 1. The summed E-state index contributed by atoms with van der Waals surface area (Å²) in [6.07, 6.45) is 0. The molecule has 2 aromatic carbocycles. The van der Waals surface area contributed by atoms with Gasteiger partial charge in [-0.2, -0.15) is 5.26 Å². The lowest BCUT2D eigenvalue weighted by Gasteiger charge is -2.09. The molecule has 102 valence electrons. The Bertz CT molecular complexity index is 665. The smallest absolute Gasteiger partial charge is 0.132 e. The standard InChI is InChI=1S/C15H12ClNO3/c1-19-13-4-10(8-17)5-14(6-13)20-12-3-2-11(9-18)15(16)7-12/h2-7,18H,9H2,1H3. The molecule has 0 aromatic heterocycles. The van der Waals surface area contributed by atoms with E-state index in [0.29, 0.717) is 33.4 Å². The zero-order chi connectivity index (χ0) is 14.5. The summed E-state index contributed by atoms with van der Waals surface area (Å²) in [5.74, 6) is 1.54. The number of nitrogens with zero attached hydrogens (tertiary/aromatic N) is 1. The zero-order valence-electron chi connectivity index (χ0n) is 10.8. The van der Waals surface area contributed by atoms with Gasteiger partial charge in [-0.25, -0.2) is 0 Å². The fourth-order valence-electron chi connectivity index (χ4n) is 1.67. The van der Waals surface area contributed by atoms with Gasteiger partial charge >= 0.3 is 0 Å². The second kappa shape index (κ2) is 6.29. The van der Waals surface area contributed by atoms with Crippen molar-refractivity contribution >= 4 is 11.6 Å². The summed E-state index contributed by atoms with van der Waals surface area (Å²) in [6, 6.07) is 11.9. The maximum Gasteiger partial charge on any atom is 0.132 e. The van der Waals surface area contributed by atoms with E-state index in [9.17, 15) is 0 Å². The molecule has 20 heavy (non-hydrogen) atoms. The fourth-order valence-corrected chi connectivity index (χ4v) is 1.90. The third-order valence-corrected chi connectivity index (χ3v) is 3.03. The first-order valence-electron chi connectivity index (χ1n) is 5.82. The van der Waals surface area contributed by atoms with Crippen molar-refractivity contribution < 1.29 is 14.6 Å². The minimum atomic E-state index is -0.128. The van der Waals surface area contributed by atoms with Gasteiger partial charge in [-0.15, -0.1) is 0 Å². The Morgan fingerprint density at radius 1 is 1.15 bits per heavy atom. The van der Waals surface area contributed by atoms with E-state index >= 15 is 0 Å². The minimum absolute atomic E-state index is 0.128. The molecule has 0 saturated heterocycles. The average Bonchev–Trinajstić information content (AvgIpc) is 2.47. The summed E-state index contributed by atoms with van der Waals surface area (Å²) in [6.45, 7) is -0.128. The van der Waals surface area contributed by atoms with Crippen molar-refractivity contribution in [1.82, 2.24) is 0 Å². The fraction of sp³-hybridized carbons (Fsp3) is 0.133. The van der Waals surface area contributed by atoms with Gasteiger partial charge in [-0.1, -0.05) is 17.7 Å². The summed E-state index contributed by atoms with van der Waals surface area (Å²) in [7, 11) is 1.52. The lowest BCUT2D eigenvalue weighted by atomic mass is 10.2. The maximum atomic E-state index is 9.06. The number of nitriles is 1. The van der Waals surface area contributed by atoms with Crippen molar-refractivity contribution in [2.45, 2.75) is 6.61 Å². The van der Waals surface area contributed by atoms with Gasteiger partial charge in [0, 0.05) is 11.1 Å². The molecule has 0 aliphatic carbocycles. The van der Waals surface area contributed by atoms with Crippen LogP contribution in [0.2, 0.25) is 5.02 Å². The number of aliphatic hydroxyl groups excluding tert-OH is 1. The van der Waals surface area contributed by atoms with Gasteiger partial charge in [0.25, 0.3) is 0 Å². The number of hydrogen-bond acceptors (Lipinski definition) is 4. The molecule has 5 heteroatoms. The third kappa shape index (κ3) is 3.21. The Morgan fingerprint density at radius 3 is 2.50 bits per heavy atom. The number of methoxy groups -OCH3 is 1. The first kappa shape index (κ1) is 14.2. The SMILES string of the molecule is COc1cc(C#N)cc(Oc2ccc(CO)c(Cl)c2)c1. The first-order chi connectivity index (χ1) is 9.66. The zero-order valence-corrected chi connectivity index (χ0v) is 11.5. The van der Waals surface area contributed by atoms with Crippen molar-refractivity contribution in [2.75, 3.05) is 7.11 Å². The molecule has 0 heterocycles. The van der Waals surface area contributed by atoms with Crippen LogP contribution in [0.5, 0.6) is 17.2 Å². The molecule has 0 radical (unpaired) electrons. The molecule has 0 unspecified atom stereocenters. The Morgan fingerprint density at radius 2 is 1.90 bits per heavy atom. The van der Waals surface area contributed by atoms with E-state index < -0.39 is 0 Å². The van der Waals surface area contributed by atoms with Crippen LogP contribution in [0.15, 0.2) is 36.4 Å². The second-order valence-electron chi connectivity index (χ2n) is 4.02. The van der Waals surface area contributed by atoms with Crippen molar-refractivity contribution in [3.05, 3.63) is 52.5 Å². The monoisotopic (exact) mass is 289 g/mol. The predicted molar refractivity (Wildman–Crippen MR) is 75.2 cm³/mol. The van der Waals surface area contributed by atoms with E-state index in [1.807, 2.05) is 6.07 Å². The molecule has 0 atom stereocenters. The van der Waals surface area contributed by atoms with E-state index in [-0.39, 0.29) is 6.61 Å². The predicted octanol–water partition coefficient (Wildman–Crippen LogP) is 3.50. The molecule has 0 fully saturated rings. The van der Waals surface area contributed by atoms with Crippen molar-refractivity contribution in [2.24, 2.45) is 0 Å². The van der Waals surface area contributed by atoms with Crippen molar-refractivity contribution in [3.63, 3.8) is 0 Å². The topological polar surface area (TPSA) is 62.5 Å². The Hall–Kier alpha value is -2.22. The molecule has 0 spiro atoms. The quantitative estimate of drug-likeness (QED) is 0.935. The number of hydrogen-bond donors (Lipinski definition) is 1. The van der Waals surface area contributed by atoms with Crippen LogP contribution in [0.3, 0.4) is 0 Å². The summed E-state index contributed by atoms with van der Waals surface area (Å²) in [4.78, 5) is 0. The van der Waals surface area contributed by atoms with Gasteiger partial charge in [-0.3, -0.25) is 0 Å². The van der Waals surface area contributed by atoms with E-state index in [2.05, 4.69) is 0 Å². The molecule has 2 aromatic rings. The largest absolute Gasteiger partial charge is 0.497 e. The summed E-state index contributed by atoms with van der Waals surface area (Å²) < 4.78 is 10.8. The summed E-state index contributed by atoms with van der Waals surface area (Å²) in [5, 5.41) is 18.4. The van der Waals surface area contributed by atoms with Crippen molar-refractivity contribution in [1.29, 1.82) is 5.26 Å². The van der Waals surface area contributed by atoms with E-state index in [1.54, 1.807) is 36.4 Å². The van der Waals surface area contributed by atoms with Crippen LogP contribution in [0.1, 0.15) is 11.1 Å². The van der Waals surface area contributed by atoms with Gasteiger partial charge in [0.05, 0.1) is 25.3 Å². The van der Waals surface area contributed by atoms with Gasteiger partial charge in [0.15, 0.2) is 0 Å². The van der Waals surface area contributed by atoms with Gasteiger partial charge in [0.2, 0.25) is 0 Å². The molecule has 0 bridgehead atoms. The van der Waals surface area contributed by atoms with Crippen LogP contribution in [0.4, 0.5) is 0 Å². The number of ether oxygens (including phenoxy) is 2. The average molecular weight is 290 g/mol. The number of benzene rings is 2. The third-order valence-electron chi connectivity index (χ3n) is 2.68.